The molecule has 1 aromatic rings. The van der Waals surface area contributed by atoms with Gasteiger partial charge in [-0.25, -0.2) is 9.59 Å². The molecule has 8 nitrogen and oxygen atoms in total. The highest BCUT2D eigenvalue weighted by Crippen LogP contribution is 2.28. The molecule has 1 saturated heterocycles. The number of amides is 1. The number of rotatable bonds is 7. The molecule has 140 valence electrons. The van der Waals surface area contributed by atoms with Gasteiger partial charge in [0.1, 0.15) is 12.3 Å². The minimum Gasteiger partial charge on any atom is -0.463 e. The first kappa shape index (κ1) is 19.8. The number of esters is 2. The number of ether oxygens (including phenoxy) is 2. The van der Waals surface area contributed by atoms with Crippen LogP contribution in [0.1, 0.15) is 34.7 Å². The highest BCUT2D eigenvalue weighted by atomic mass is 32.2. The fourth-order valence-corrected chi connectivity index (χ4v) is 3.27. The quantitative estimate of drug-likeness (QED) is 0.400. The third-order valence-corrected chi connectivity index (χ3v) is 4.63. The van der Waals surface area contributed by atoms with Crippen molar-refractivity contribution in [2.45, 2.75) is 13.8 Å². The Labute approximate surface area is 155 Å². The number of thioether (sulfide) groups is 1. The van der Waals surface area contributed by atoms with Crippen LogP contribution in [0.3, 0.4) is 0 Å². The number of ketones is 1. The van der Waals surface area contributed by atoms with Crippen LogP contribution in [-0.4, -0.2) is 58.6 Å². The SMILES string of the molecule is CCOC(=O)/C=C1\SCC(=O)N1CCOC(=O)c1cc(C(C)=O)cn1C. The molecule has 1 aromatic heterocycles. The number of hydrogen-bond donors (Lipinski definition) is 0. The molecule has 0 saturated carbocycles. The van der Waals surface area contributed by atoms with Gasteiger partial charge in [-0.05, 0) is 19.9 Å². The maximum absolute atomic E-state index is 12.1. The lowest BCUT2D eigenvalue weighted by Crippen LogP contribution is -2.29. The standard InChI is InChI=1S/C17H20N2O6S/c1-4-24-16(22)8-15-19(14(21)10-26-15)5-6-25-17(23)13-7-12(11(2)20)9-18(13)3/h7-9H,4-6,10H2,1-3H3/b15-8-. The number of nitrogens with zero attached hydrogens (tertiary/aromatic N) is 2. The van der Waals surface area contributed by atoms with Gasteiger partial charge in [0.05, 0.1) is 30.0 Å². The zero-order valence-electron chi connectivity index (χ0n) is 14.8. The summed E-state index contributed by atoms with van der Waals surface area (Å²) in [7, 11) is 1.64. The lowest BCUT2D eigenvalue weighted by atomic mass is 10.2. The largest absolute Gasteiger partial charge is 0.463 e. The molecule has 26 heavy (non-hydrogen) atoms. The third kappa shape index (κ3) is 4.75. The molecule has 1 aliphatic rings. The molecule has 0 bridgehead atoms. The van der Waals surface area contributed by atoms with Gasteiger partial charge in [0.15, 0.2) is 5.78 Å². The van der Waals surface area contributed by atoms with E-state index in [4.69, 9.17) is 9.47 Å². The fraction of sp³-hybridized carbons (Fsp3) is 0.412. The summed E-state index contributed by atoms with van der Waals surface area (Å²) in [4.78, 5) is 48.4. The fourth-order valence-electron chi connectivity index (χ4n) is 2.32. The molecule has 0 spiro atoms. The third-order valence-electron chi connectivity index (χ3n) is 3.61. The zero-order chi connectivity index (χ0) is 19.3. The Kier molecular flexibility index (Phi) is 6.62. The van der Waals surface area contributed by atoms with Crippen LogP contribution >= 0.6 is 11.8 Å². The summed E-state index contributed by atoms with van der Waals surface area (Å²) in [6.07, 6.45) is 2.82. The Morgan fingerprint density at radius 3 is 2.65 bits per heavy atom. The smallest absolute Gasteiger partial charge is 0.355 e. The molecule has 0 N–H and O–H groups in total. The second-order valence-electron chi connectivity index (χ2n) is 5.49. The molecular weight excluding hydrogens is 360 g/mol. The molecule has 9 heteroatoms. The first-order chi connectivity index (χ1) is 12.3. The molecular formula is C17H20N2O6S. The maximum atomic E-state index is 12.1. The summed E-state index contributed by atoms with van der Waals surface area (Å²) >= 11 is 1.23. The molecule has 1 amide bonds. The van der Waals surface area contributed by atoms with Gasteiger partial charge in [0.25, 0.3) is 0 Å². The summed E-state index contributed by atoms with van der Waals surface area (Å²) in [6.45, 7) is 3.45. The summed E-state index contributed by atoms with van der Waals surface area (Å²) in [5, 5.41) is 0.474. The van der Waals surface area contributed by atoms with Gasteiger partial charge in [0, 0.05) is 18.8 Å². The van der Waals surface area contributed by atoms with E-state index in [2.05, 4.69) is 0 Å². The molecule has 0 aromatic carbocycles. The van der Waals surface area contributed by atoms with E-state index < -0.39 is 11.9 Å². The molecule has 2 rings (SSSR count). The van der Waals surface area contributed by atoms with Crippen LogP contribution in [0.5, 0.6) is 0 Å². The number of carbonyl (C=O) groups excluding carboxylic acids is 4. The van der Waals surface area contributed by atoms with Crippen LogP contribution in [0.15, 0.2) is 23.4 Å². The van der Waals surface area contributed by atoms with Crippen LogP contribution < -0.4 is 0 Å². The number of aromatic nitrogens is 1. The van der Waals surface area contributed by atoms with Crippen LogP contribution in [0, 0.1) is 0 Å². The van der Waals surface area contributed by atoms with E-state index >= 15 is 0 Å². The minimum atomic E-state index is -0.588. The predicted molar refractivity (Wildman–Crippen MR) is 94.6 cm³/mol. The van der Waals surface area contributed by atoms with E-state index in [1.165, 1.54) is 40.3 Å². The Balaban J connectivity index is 1.95. The summed E-state index contributed by atoms with van der Waals surface area (Å²) < 4.78 is 11.6. The van der Waals surface area contributed by atoms with Gasteiger partial charge in [0.2, 0.25) is 5.91 Å². The number of Topliss-reactive ketones (excluding diaryl/α,β-unsaturated/α-hetero) is 1. The van der Waals surface area contributed by atoms with E-state index in [0.717, 1.165) is 0 Å². The van der Waals surface area contributed by atoms with E-state index in [9.17, 15) is 19.2 Å². The lowest BCUT2D eigenvalue weighted by Gasteiger charge is -2.16. The van der Waals surface area contributed by atoms with Gasteiger partial charge in [-0.2, -0.15) is 0 Å². The summed E-state index contributed by atoms with van der Waals surface area (Å²) in [5.41, 5.74) is 0.671. The minimum absolute atomic E-state index is 0.0358. The average molecular weight is 380 g/mol. The average Bonchev–Trinajstić information content (AvgIpc) is 3.12. The molecule has 1 fully saturated rings. The van der Waals surface area contributed by atoms with Crippen molar-refractivity contribution in [2.24, 2.45) is 7.05 Å². The normalized spacial score (nSPS) is 15.4. The Hall–Kier alpha value is -2.55. The van der Waals surface area contributed by atoms with Crippen molar-refractivity contribution in [3.63, 3.8) is 0 Å². The Morgan fingerprint density at radius 2 is 2.04 bits per heavy atom. The molecule has 0 atom stereocenters. The number of aryl methyl sites for hydroxylation is 1. The Bertz CT molecular complexity index is 767. The summed E-state index contributed by atoms with van der Waals surface area (Å²) in [6, 6.07) is 1.47. The van der Waals surface area contributed by atoms with E-state index in [-0.39, 0.29) is 42.9 Å². The topological polar surface area (TPSA) is 94.9 Å². The van der Waals surface area contributed by atoms with Crippen molar-refractivity contribution in [3.05, 3.63) is 34.6 Å². The maximum Gasteiger partial charge on any atom is 0.355 e. The Morgan fingerprint density at radius 1 is 1.31 bits per heavy atom. The lowest BCUT2D eigenvalue weighted by molar-refractivity contribution is -0.137. The van der Waals surface area contributed by atoms with Gasteiger partial charge >= 0.3 is 11.9 Å². The van der Waals surface area contributed by atoms with Crippen LogP contribution in [0.2, 0.25) is 0 Å². The monoisotopic (exact) mass is 380 g/mol. The highest BCUT2D eigenvalue weighted by Gasteiger charge is 2.27. The number of carbonyl (C=O) groups is 4. The molecule has 0 aliphatic carbocycles. The van der Waals surface area contributed by atoms with Crippen molar-refractivity contribution in [1.82, 2.24) is 9.47 Å². The number of hydrogen-bond acceptors (Lipinski definition) is 7. The zero-order valence-corrected chi connectivity index (χ0v) is 15.6. The van der Waals surface area contributed by atoms with Gasteiger partial charge < -0.3 is 18.9 Å². The first-order valence-electron chi connectivity index (χ1n) is 7.99. The van der Waals surface area contributed by atoms with E-state index in [1.54, 1.807) is 20.2 Å². The summed E-state index contributed by atoms with van der Waals surface area (Å²) in [5.74, 6) is -1.20. The highest BCUT2D eigenvalue weighted by molar-refractivity contribution is 8.04. The van der Waals surface area contributed by atoms with Gasteiger partial charge in [-0.15, -0.1) is 0 Å². The van der Waals surface area contributed by atoms with Crippen LogP contribution in [0.4, 0.5) is 0 Å². The second kappa shape index (κ2) is 8.70. The van der Waals surface area contributed by atoms with Crippen molar-refractivity contribution in [3.8, 4) is 0 Å². The van der Waals surface area contributed by atoms with E-state index in [1.807, 2.05) is 0 Å². The van der Waals surface area contributed by atoms with Crippen LogP contribution in [-0.2, 0) is 26.1 Å². The molecule has 0 unspecified atom stereocenters. The van der Waals surface area contributed by atoms with Crippen molar-refractivity contribution in [1.29, 1.82) is 0 Å². The predicted octanol–water partition coefficient (Wildman–Crippen LogP) is 1.36. The molecule has 1 aliphatic heterocycles. The van der Waals surface area contributed by atoms with Crippen molar-refractivity contribution in [2.75, 3.05) is 25.5 Å². The van der Waals surface area contributed by atoms with Gasteiger partial charge in [-0.3, -0.25) is 9.59 Å². The van der Waals surface area contributed by atoms with E-state index in [0.29, 0.717) is 10.6 Å². The second-order valence-corrected chi connectivity index (χ2v) is 6.48. The first-order valence-corrected chi connectivity index (χ1v) is 8.98. The van der Waals surface area contributed by atoms with Crippen molar-refractivity contribution >= 4 is 35.4 Å². The molecule has 0 radical (unpaired) electrons. The molecule has 2 heterocycles. The van der Waals surface area contributed by atoms with Gasteiger partial charge in [-0.1, -0.05) is 11.8 Å². The van der Waals surface area contributed by atoms with Crippen molar-refractivity contribution < 1.29 is 28.7 Å². The van der Waals surface area contributed by atoms with Crippen LogP contribution in [0.25, 0.3) is 0 Å².